The molecule has 0 aliphatic carbocycles. The fourth-order valence-corrected chi connectivity index (χ4v) is 2.90. The second kappa shape index (κ2) is 7.60. The van der Waals surface area contributed by atoms with Gasteiger partial charge in [0.2, 0.25) is 0 Å². The average molecular weight is 320 g/mol. The summed E-state index contributed by atoms with van der Waals surface area (Å²) in [4.78, 5) is 0. The molecule has 0 atom stereocenters. The minimum Gasteiger partial charge on any atom is -0.496 e. The molecule has 24 heavy (non-hydrogen) atoms. The van der Waals surface area contributed by atoms with Gasteiger partial charge in [0.25, 0.3) is 0 Å². The Kier molecular flexibility index (Phi) is 5.07. The van der Waals surface area contributed by atoms with Crippen LogP contribution in [0.2, 0.25) is 0 Å². The fourth-order valence-electron chi connectivity index (χ4n) is 2.90. The lowest BCUT2D eigenvalue weighted by Crippen LogP contribution is -2.05. The molecule has 0 saturated carbocycles. The number of hydrogen-bond acceptors (Lipinski definition) is 4. The number of hydrogen-bond donors (Lipinski definition) is 0. The molecule has 1 aromatic carbocycles. The average Bonchev–Trinajstić information content (AvgIpc) is 2.87. The van der Waals surface area contributed by atoms with Gasteiger partial charge in [-0.25, -0.2) is 0 Å². The normalized spacial score (nSPS) is 14.9. The van der Waals surface area contributed by atoms with Crippen molar-refractivity contribution >= 4 is 11.6 Å². The van der Waals surface area contributed by atoms with Crippen molar-refractivity contribution in [1.82, 2.24) is 14.8 Å². The Hall–Kier alpha value is -2.87. The van der Waals surface area contributed by atoms with Gasteiger partial charge in [-0.05, 0) is 25.0 Å². The Labute approximate surface area is 141 Å². The maximum absolute atomic E-state index is 9.51. The van der Waals surface area contributed by atoms with Crippen LogP contribution in [0.15, 0.2) is 36.4 Å². The van der Waals surface area contributed by atoms with Crippen LogP contribution < -0.4 is 4.74 Å². The van der Waals surface area contributed by atoms with E-state index in [1.54, 1.807) is 13.2 Å². The molecule has 122 valence electrons. The van der Waals surface area contributed by atoms with Crippen LogP contribution in [0.1, 0.15) is 36.5 Å². The highest BCUT2D eigenvalue weighted by Gasteiger charge is 2.17. The molecule has 1 aromatic heterocycles. The monoisotopic (exact) mass is 320 g/mol. The van der Waals surface area contributed by atoms with E-state index in [9.17, 15) is 5.26 Å². The first-order chi connectivity index (χ1) is 11.8. The highest BCUT2D eigenvalue weighted by molar-refractivity contribution is 5.75. The Morgan fingerprint density at radius 2 is 2.12 bits per heavy atom. The lowest BCUT2D eigenvalue weighted by molar-refractivity contribution is 0.414. The number of methoxy groups -OCH3 is 1. The highest BCUT2D eigenvalue weighted by atomic mass is 16.5. The second-order valence-electron chi connectivity index (χ2n) is 5.70. The van der Waals surface area contributed by atoms with E-state index in [-0.39, 0.29) is 0 Å². The van der Waals surface area contributed by atoms with E-state index >= 15 is 0 Å². The number of fused-ring (bicyclic) bond motifs is 1. The second-order valence-corrected chi connectivity index (χ2v) is 5.70. The largest absolute Gasteiger partial charge is 0.496 e. The quantitative estimate of drug-likeness (QED) is 0.637. The number of aryl methyl sites for hydroxylation is 1. The summed E-state index contributed by atoms with van der Waals surface area (Å²) in [7, 11) is 1.65. The molecule has 5 heteroatoms. The van der Waals surface area contributed by atoms with Crippen LogP contribution in [-0.2, 0) is 13.0 Å². The maximum atomic E-state index is 9.51. The molecular formula is C19H20N4O. The van der Waals surface area contributed by atoms with Crippen molar-refractivity contribution in [2.24, 2.45) is 0 Å². The topological polar surface area (TPSA) is 63.7 Å². The molecule has 2 heterocycles. The zero-order valence-electron chi connectivity index (χ0n) is 13.8. The molecule has 0 amide bonds. The van der Waals surface area contributed by atoms with Crippen LogP contribution in [-0.4, -0.2) is 21.9 Å². The summed E-state index contributed by atoms with van der Waals surface area (Å²) in [5.41, 5.74) is 1.50. The Morgan fingerprint density at radius 1 is 1.25 bits per heavy atom. The SMILES string of the molecule is COc1ccccc1/C=C/C=C(\C#N)c1nnc2n1CCCCC2. The van der Waals surface area contributed by atoms with E-state index in [1.807, 2.05) is 36.4 Å². The van der Waals surface area contributed by atoms with E-state index in [2.05, 4.69) is 20.8 Å². The summed E-state index contributed by atoms with van der Waals surface area (Å²) in [6.45, 7) is 0.882. The third-order valence-electron chi connectivity index (χ3n) is 4.15. The summed E-state index contributed by atoms with van der Waals surface area (Å²) < 4.78 is 7.41. The predicted molar refractivity (Wildman–Crippen MR) is 93.2 cm³/mol. The molecule has 1 aliphatic rings. The molecule has 0 unspecified atom stereocenters. The highest BCUT2D eigenvalue weighted by Crippen LogP contribution is 2.21. The molecule has 0 bridgehead atoms. The summed E-state index contributed by atoms with van der Waals surface area (Å²) in [6, 6.07) is 10.0. The minimum absolute atomic E-state index is 0.529. The third kappa shape index (κ3) is 3.38. The molecule has 0 saturated heterocycles. The summed E-state index contributed by atoms with van der Waals surface area (Å²) >= 11 is 0. The van der Waals surface area contributed by atoms with Crippen molar-refractivity contribution in [3.05, 3.63) is 53.6 Å². The Balaban J connectivity index is 1.87. The van der Waals surface area contributed by atoms with Crippen molar-refractivity contribution in [3.8, 4) is 11.8 Å². The molecule has 1 aliphatic heterocycles. The number of rotatable bonds is 4. The summed E-state index contributed by atoms with van der Waals surface area (Å²) in [5, 5.41) is 18.0. The molecule has 0 fully saturated rings. The number of allylic oxidation sites excluding steroid dienone is 3. The van der Waals surface area contributed by atoms with Gasteiger partial charge in [-0.15, -0.1) is 10.2 Å². The van der Waals surface area contributed by atoms with Crippen LogP contribution in [0.25, 0.3) is 11.6 Å². The number of nitriles is 1. The minimum atomic E-state index is 0.529. The number of aromatic nitrogens is 3. The molecule has 0 N–H and O–H groups in total. The van der Waals surface area contributed by atoms with Crippen molar-refractivity contribution in [2.75, 3.05) is 7.11 Å². The van der Waals surface area contributed by atoms with Crippen molar-refractivity contribution in [2.45, 2.75) is 32.2 Å². The van der Waals surface area contributed by atoms with Crippen molar-refractivity contribution in [3.63, 3.8) is 0 Å². The van der Waals surface area contributed by atoms with Crippen molar-refractivity contribution < 1.29 is 4.74 Å². The summed E-state index contributed by atoms with van der Waals surface area (Å²) in [5.74, 6) is 2.45. The molecule has 5 nitrogen and oxygen atoms in total. The van der Waals surface area contributed by atoms with E-state index in [0.717, 1.165) is 42.9 Å². The van der Waals surface area contributed by atoms with E-state index in [0.29, 0.717) is 11.4 Å². The van der Waals surface area contributed by atoms with Gasteiger partial charge in [-0.1, -0.05) is 36.8 Å². The van der Waals surface area contributed by atoms with Gasteiger partial charge >= 0.3 is 0 Å². The van der Waals surface area contributed by atoms with E-state index in [1.165, 1.54) is 6.42 Å². The van der Waals surface area contributed by atoms with Gasteiger partial charge in [-0.2, -0.15) is 5.26 Å². The van der Waals surface area contributed by atoms with Gasteiger partial charge < -0.3 is 9.30 Å². The van der Waals surface area contributed by atoms with Crippen LogP contribution in [0.4, 0.5) is 0 Å². The van der Waals surface area contributed by atoms with Crippen LogP contribution in [0.3, 0.4) is 0 Å². The lowest BCUT2D eigenvalue weighted by Gasteiger charge is -2.05. The maximum Gasteiger partial charge on any atom is 0.174 e. The number of benzene rings is 1. The van der Waals surface area contributed by atoms with Gasteiger partial charge in [0.15, 0.2) is 5.82 Å². The smallest absolute Gasteiger partial charge is 0.174 e. The van der Waals surface area contributed by atoms with Crippen LogP contribution >= 0.6 is 0 Å². The molecule has 2 aromatic rings. The molecule has 0 radical (unpaired) electrons. The first-order valence-electron chi connectivity index (χ1n) is 8.17. The molecular weight excluding hydrogens is 300 g/mol. The zero-order chi connectivity index (χ0) is 16.8. The first kappa shape index (κ1) is 16.0. The predicted octanol–water partition coefficient (Wildman–Crippen LogP) is 3.63. The Morgan fingerprint density at radius 3 is 2.96 bits per heavy atom. The Bertz CT molecular complexity index is 811. The number of nitrogens with zero attached hydrogens (tertiary/aromatic N) is 4. The van der Waals surface area contributed by atoms with Gasteiger partial charge in [-0.3, -0.25) is 0 Å². The van der Waals surface area contributed by atoms with E-state index in [4.69, 9.17) is 4.74 Å². The van der Waals surface area contributed by atoms with Gasteiger partial charge in [0, 0.05) is 18.5 Å². The molecule has 3 rings (SSSR count). The number of para-hydroxylation sites is 1. The van der Waals surface area contributed by atoms with Gasteiger partial charge in [0.05, 0.1) is 12.7 Å². The fraction of sp³-hybridized carbons (Fsp3) is 0.316. The van der Waals surface area contributed by atoms with Crippen molar-refractivity contribution in [1.29, 1.82) is 5.26 Å². The van der Waals surface area contributed by atoms with Crippen LogP contribution in [0.5, 0.6) is 5.75 Å². The zero-order valence-corrected chi connectivity index (χ0v) is 13.8. The molecule has 0 spiro atoms. The van der Waals surface area contributed by atoms with Gasteiger partial charge in [0.1, 0.15) is 17.6 Å². The van der Waals surface area contributed by atoms with E-state index < -0.39 is 0 Å². The summed E-state index contributed by atoms with van der Waals surface area (Å²) in [6.07, 6.45) is 9.94. The first-order valence-corrected chi connectivity index (χ1v) is 8.17. The number of ether oxygens (including phenoxy) is 1. The van der Waals surface area contributed by atoms with Crippen LogP contribution in [0, 0.1) is 11.3 Å². The third-order valence-corrected chi connectivity index (χ3v) is 4.15. The lowest BCUT2D eigenvalue weighted by atomic mass is 10.1. The standard InChI is InChI=1S/C19H20N4O/c1-24-17-11-5-4-8-15(17)9-7-10-16(14-20)19-22-21-18-12-3-2-6-13-23(18)19/h4-5,7-11H,2-3,6,12-13H2,1H3/b9-7+,16-10+.